The Morgan fingerprint density at radius 1 is 1.07 bits per heavy atom. The molecule has 0 aromatic heterocycles. The zero-order chi connectivity index (χ0) is 20.0. The number of carbonyl (C=O) groups excluding carboxylic acids is 1. The van der Waals surface area contributed by atoms with Crippen molar-refractivity contribution in [2.24, 2.45) is 0 Å². The van der Waals surface area contributed by atoms with E-state index in [1.54, 1.807) is 4.90 Å². The van der Waals surface area contributed by atoms with E-state index in [1.165, 1.54) is 5.56 Å². The van der Waals surface area contributed by atoms with E-state index < -0.39 is 11.7 Å². The summed E-state index contributed by atoms with van der Waals surface area (Å²) in [6.07, 6.45) is 1.01. The minimum atomic E-state index is -1.28. The highest BCUT2D eigenvalue weighted by atomic mass is 16.3. The van der Waals surface area contributed by atoms with Gasteiger partial charge < -0.3 is 20.0 Å². The van der Waals surface area contributed by atoms with Gasteiger partial charge in [0.05, 0.1) is 6.54 Å². The number of benzene rings is 2. The molecule has 1 aliphatic rings. The molecule has 150 valence electrons. The molecule has 2 aromatic rings. The van der Waals surface area contributed by atoms with Crippen molar-refractivity contribution in [1.82, 2.24) is 9.80 Å². The van der Waals surface area contributed by atoms with Gasteiger partial charge in [-0.1, -0.05) is 60.7 Å². The van der Waals surface area contributed by atoms with Crippen LogP contribution in [0.4, 0.5) is 0 Å². The number of rotatable bonds is 8. The van der Waals surface area contributed by atoms with Crippen molar-refractivity contribution in [3.8, 4) is 0 Å². The number of hydrogen-bond acceptors (Lipinski definition) is 4. The lowest BCUT2D eigenvalue weighted by atomic mass is 9.99. The fraction of sp³-hybridized carbons (Fsp3) is 0.435. The molecule has 1 heterocycles. The van der Waals surface area contributed by atoms with Crippen molar-refractivity contribution < 1.29 is 15.0 Å². The molecule has 2 aromatic carbocycles. The molecule has 2 N–H and O–H groups in total. The lowest BCUT2D eigenvalue weighted by molar-refractivity contribution is -0.131. The summed E-state index contributed by atoms with van der Waals surface area (Å²) >= 11 is 0. The number of likely N-dealkylation sites (tertiary alicyclic amines) is 1. The van der Waals surface area contributed by atoms with Crippen LogP contribution in [0.1, 0.15) is 17.5 Å². The van der Waals surface area contributed by atoms with E-state index in [0.717, 1.165) is 18.5 Å². The second-order valence-electron chi connectivity index (χ2n) is 7.85. The lowest BCUT2D eigenvalue weighted by Crippen LogP contribution is -2.51. The zero-order valence-electron chi connectivity index (χ0n) is 16.5. The molecule has 2 atom stereocenters. The van der Waals surface area contributed by atoms with Crippen LogP contribution in [-0.4, -0.2) is 70.9 Å². The van der Waals surface area contributed by atoms with Crippen LogP contribution < -0.4 is 0 Å². The van der Waals surface area contributed by atoms with Crippen molar-refractivity contribution in [1.29, 1.82) is 0 Å². The van der Waals surface area contributed by atoms with Gasteiger partial charge in [0.2, 0.25) is 5.91 Å². The molecule has 0 saturated carbocycles. The maximum Gasteiger partial charge on any atom is 0.223 e. The molecule has 0 spiro atoms. The number of likely N-dealkylation sites (N-methyl/N-ethyl adjacent to an activating group) is 1. The van der Waals surface area contributed by atoms with Gasteiger partial charge in [0.1, 0.15) is 11.7 Å². The fourth-order valence-electron chi connectivity index (χ4n) is 3.79. The van der Waals surface area contributed by atoms with Crippen molar-refractivity contribution in [2.75, 3.05) is 33.2 Å². The summed E-state index contributed by atoms with van der Waals surface area (Å²) in [4.78, 5) is 16.2. The number of nitrogens with zero attached hydrogens (tertiary/aromatic N) is 2. The minimum absolute atomic E-state index is 0.0224. The van der Waals surface area contributed by atoms with Crippen LogP contribution in [0.25, 0.3) is 0 Å². The Labute approximate surface area is 167 Å². The van der Waals surface area contributed by atoms with Gasteiger partial charge in [-0.15, -0.1) is 0 Å². The van der Waals surface area contributed by atoms with Gasteiger partial charge in [0, 0.05) is 26.1 Å². The summed E-state index contributed by atoms with van der Waals surface area (Å²) < 4.78 is 0. The molecule has 3 rings (SSSR count). The van der Waals surface area contributed by atoms with E-state index in [0.29, 0.717) is 19.4 Å². The van der Waals surface area contributed by atoms with Crippen LogP contribution in [0.15, 0.2) is 60.7 Å². The van der Waals surface area contributed by atoms with E-state index in [9.17, 15) is 15.0 Å². The molecular weight excluding hydrogens is 352 g/mol. The number of amides is 1. The standard InChI is InChI=1S/C23H30N2O3/c1-24(15-14-20-10-6-3-7-11-20)17-23(28)18-25(16-21(23)26)22(27)13-12-19-8-4-2-5-9-19/h2-11,21,26,28H,12-18H2,1H3/t21-,23+/m1/s1. The summed E-state index contributed by atoms with van der Waals surface area (Å²) in [5.74, 6) is -0.0224. The summed E-state index contributed by atoms with van der Waals surface area (Å²) in [7, 11) is 1.94. The van der Waals surface area contributed by atoms with Gasteiger partial charge in [-0.25, -0.2) is 0 Å². The van der Waals surface area contributed by atoms with Crippen molar-refractivity contribution >= 4 is 5.91 Å². The number of aliphatic hydroxyl groups excluding tert-OH is 1. The first-order valence-electron chi connectivity index (χ1n) is 9.91. The van der Waals surface area contributed by atoms with Gasteiger partial charge >= 0.3 is 0 Å². The number of aryl methyl sites for hydroxylation is 1. The molecular formula is C23H30N2O3. The van der Waals surface area contributed by atoms with Crippen molar-refractivity contribution in [3.05, 3.63) is 71.8 Å². The van der Waals surface area contributed by atoms with Crippen LogP contribution in [0, 0.1) is 0 Å². The Kier molecular flexibility index (Phi) is 6.83. The predicted octanol–water partition coefficient (Wildman–Crippen LogP) is 1.73. The summed E-state index contributed by atoms with van der Waals surface area (Å²) in [5, 5.41) is 21.4. The predicted molar refractivity (Wildman–Crippen MR) is 110 cm³/mol. The molecule has 0 radical (unpaired) electrons. The summed E-state index contributed by atoms with van der Waals surface area (Å²) in [6, 6.07) is 20.1. The second kappa shape index (κ2) is 9.32. The Balaban J connectivity index is 1.49. The van der Waals surface area contributed by atoms with Gasteiger partial charge in [-0.05, 0) is 31.0 Å². The Bertz CT molecular complexity index is 753. The first-order chi connectivity index (χ1) is 13.5. The Hall–Kier alpha value is -2.21. The van der Waals surface area contributed by atoms with Crippen molar-refractivity contribution in [2.45, 2.75) is 31.0 Å². The van der Waals surface area contributed by atoms with Gasteiger partial charge in [-0.3, -0.25) is 4.79 Å². The molecule has 5 nitrogen and oxygen atoms in total. The van der Waals surface area contributed by atoms with E-state index in [-0.39, 0.29) is 19.0 Å². The SMILES string of the molecule is CN(CCc1ccccc1)C[C@]1(O)CN(C(=O)CCc2ccccc2)C[C@H]1O. The molecule has 0 bridgehead atoms. The molecule has 1 aliphatic heterocycles. The first kappa shape index (κ1) is 20.5. The molecule has 1 saturated heterocycles. The fourth-order valence-corrected chi connectivity index (χ4v) is 3.79. The molecule has 0 aliphatic carbocycles. The molecule has 28 heavy (non-hydrogen) atoms. The quantitative estimate of drug-likeness (QED) is 0.730. The third-order valence-electron chi connectivity index (χ3n) is 5.47. The van der Waals surface area contributed by atoms with E-state index >= 15 is 0 Å². The number of β-amino-alcohol motifs (C(OH)–C–C–N with tert-alkyl or cyclic N) is 2. The minimum Gasteiger partial charge on any atom is -0.388 e. The highest BCUT2D eigenvalue weighted by molar-refractivity contribution is 5.77. The average molecular weight is 383 g/mol. The van der Waals surface area contributed by atoms with Gasteiger partial charge in [-0.2, -0.15) is 0 Å². The number of aliphatic hydroxyl groups is 2. The summed E-state index contributed by atoms with van der Waals surface area (Å²) in [6.45, 7) is 1.48. The highest BCUT2D eigenvalue weighted by Gasteiger charge is 2.46. The molecule has 1 amide bonds. The highest BCUT2D eigenvalue weighted by Crippen LogP contribution is 2.24. The Morgan fingerprint density at radius 3 is 2.25 bits per heavy atom. The topological polar surface area (TPSA) is 64.0 Å². The van der Waals surface area contributed by atoms with Crippen LogP contribution in [0.3, 0.4) is 0 Å². The first-order valence-corrected chi connectivity index (χ1v) is 9.91. The normalized spacial score (nSPS) is 22.0. The molecule has 0 unspecified atom stereocenters. The van der Waals surface area contributed by atoms with Crippen LogP contribution >= 0.6 is 0 Å². The monoisotopic (exact) mass is 382 g/mol. The third-order valence-corrected chi connectivity index (χ3v) is 5.47. The zero-order valence-corrected chi connectivity index (χ0v) is 16.5. The number of carbonyl (C=O) groups is 1. The number of hydrogen-bond donors (Lipinski definition) is 2. The van der Waals surface area contributed by atoms with Crippen LogP contribution in [-0.2, 0) is 17.6 Å². The largest absolute Gasteiger partial charge is 0.388 e. The van der Waals surface area contributed by atoms with E-state index in [1.807, 2.05) is 60.5 Å². The van der Waals surface area contributed by atoms with Crippen LogP contribution in [0.2, 0.25) is 0 Å². The smallest absolute Gasteiger partial charge is 0.223 e. The lowest BCUT2D eigenvalue weighted by Gasteiger charge is -2.31. The third kappa shape index (κ3) is 5.41. The average Bonchev–Trinajstić information content (AvgIpc) is 3.00. The summed E-state index contributed by atoms with van der Waals surface area (Å²) in [5.41, 5.74) is 1.07. The van der Waals surface area contributed by atoms with Crippen LogP contribution in [0.5, 0.6) is 0 Å². The second-order valence-corrected chi connectivity index (χ2v) is 7.85. The van der Waals surface area contributed by atoms with Gasteiger partial charge in [0.25, 0.3) is 0 Å². The maximum absolute atomic E-state index is 12.5. The van der Waals surface area contributed by atoms with E-state index in [4.69, 9.17) is 0 Å². The van der Waals surface area contributed by atoms with Crippen molar-refractivity contribution in [3.63, 3.8) is 0 Å². The molecule has 1 fully saturated rings. The Morgan fingerprint density at radius 2 is 1.64 bits per heavy atom. The van der Waals surface area contributed by atoms with Gasteiger partial charge in [0.15, 0.2) is 0 Å². The maximum atomic E-state index is 12.5. The molecule has 5 heteroatoms. The van der Waals surface area contributed by atoms with E-state index in [2.05, 4.69) is 12.1 Å².